The van der Waals surface area contributed by atoms with Crippen LogP contribution in [0.4, 0.5) is 0 Å². The fourth-order valence-electron chi connectivity index (χ4n) is 4.79. The van der Waals surface area contributed by atoms with Crippen molar-refractivity contribution in [3.63, 3.8) is 0 Å². The Labute approximate surface area is 164 Å². The molecule has 1 aliphatic heterocycles. The predicted octanol–water partition coefficient (Wildman–Crippen LogP) is 3.75. The molecule has 5 nitrogen and oxygen atoms in total. The molecule has 2 fully saturated rings. The first kappa shape index (κ1) is 20.4. The lowest BCUT2D eigenvalue weighted by atomic mass is 9.80. The van der Waals surface area contributed by atoms with Crippen LogP contribution in [0.3, 0.4) is 0 Å². The summed E-state index contributed by atoms with van der Waals surface area (Å²) in [5.41, 5.74) is 3.45. The summed E-state index contributed by atoms with van der Waals surface area (Å²) in [4.78, 5) is 15.7. The van der Waals surface area contributed by atoms with Crippen molar-refractivity contribution >= 4 is 5.91 Å². The highest BCUT2D eigenvalue weighted by Crippen LogP contribution is 2.30. The SMILES string of the molecule is Cc1nn(CC(C)C(=O)NC2(CN3CCCCC3)CCCCC2)c(C)c1C. The van der Waals surface area contributed by atoms with Crippen LogP contribution in [0.1, 0.15) is 75.2 Å². The minimum Gasteiger partial charge on any atom is -0.349 e. The number of aryl methyl sites for hydroxylation is 1. The van der Waals surface area contributed by atoms with E-state index >= 15 is 0 Å². The molecule has 152 valence electrons. The summed E-state index contributed by atoms with van der Waals surface area (Å²) < 4.78 is 2.01. The number of rotatable bonds is 6. The molecule has 27 heavy (non-hydrogen) atoms. The van der Waals surface area contributed by atoms with Crippen molar-refractivity contribution in [3.8, 4) is 0 Å². The highest BCUT2D eigenvalue weighted by atomic mass is 16.2. The highest BCUT2D eigenvalue weighted by Gasteiger charge is 2.36. The Balaban J connectivity index is 1.65. The fraction of sp³-hybridized carbons (Fsp3) is 0.818. The molecule has 1 N–H and O–H groups in total. The summed E-state index contributed by atoms with van der Waals surface area (Å²) in [7, 11) is 0. The van der Waals surface area contributed by atoms with Crippen LogP contribution in [0.15, 0.2) is 0 Å². The minimum atomic E-state index is -0.0671. The molecule has 0 radical (unpaired) electrons. The molecule has 1 aromatic heterocycles. The van der Waals surface area contributed by atoms with Crippen molar-refractivity contribution in [1.29, 1.82) is 0 Å². The number of amides is 1. The van der Waals surface area contributed by atoms with Crippen LogP contribution in [0, 0.1) is 26.7 Å². The number of aromatic nitrogens is 2. The van der Waals surface area contributed by atoms with E-state index in [1.54, 1.807) is 0 Å². The van der Waals surface area contributed by atoms with Gasteiger partial charge in [0.15, 0.2) is 0 Å². The lowest BCUT2D eigenvalue weighted by Crippen LogP contribution is -2.58. The van der Waals surface area contributed by atoms with Gasteiger partial charge in [0, 0.05) is 12.2 Å². The van der Waals surface area contributed by atoms with Gasteiger partial charge in [-0.2, -0.15) is 5.10 Å². The maximum Gasteiger partial charge on any atom is 0.225 e. The molecular weight excluding hydrogens is 336 g/mol. The third kappa shape index (κ3) is 4.92. The molecule has 5 heteroatoms. The number of likely N-dealkylation sites (tertiary alicyclic amines) is 1. The lowest BCUT2D eigenvalue weighted by Gasteiger charge is -2.43. The summed E-state index contributed by atoms with van der Waals surface area (Å²) in [6.45, 7) is 12.4. The Hall–Kier alpha value is -1.36. The Morgan fingerprint density at radius 2 is 1.70 bits per heavy atom. The molecule has 1 saturated heterocycles. The van der Waals surface area contributed by atoms with E-state index in [1.807, 2.05) is 18.5 Å². The van der Waals surface area contributed by atoms with Crippen molar-refractivity contribution in [2.75, 3.05) is 19.6 Å². The van der Waals surface area contributed by atoms with E-state index in [9.17, 15) is 4.79 Å². The average molecular weight is 375 g/mol. The van der Waals surface area contributed by atoms with E-state index in [-0.39, 0.29) is 17.4 Å². The smallest absolute Gasteiger partial charge is 0.225 e. The molecule has 2 aliphatic rings. The second-order valence-corrected chi connectivity index (χ2v) is 9.05. The third-order valence-corrected chi connectivity index (χ3v) is 6.81. The first-order valence-corrected chi connectivity index (χ1v) is 11.0. The maximum atomic E-state index is 13.1. The van der Waals surface area contributed by atoms with Gasteiger partial charge in [-0.3, -0.25) is 9.48 Å². The van der Waals surface area contributed by atoms with Gasteiger partial charge in [0.1, 0.15) is 0 Å². The van der Waals surface area contributed by atoms with E-state index in [2.05, 4.69) is 29.2 Å². The number of hydrogen-bond acceptors (Lipinski definition) is 3. The zero-order chi connectivity index (χ0) is 19.4. The zero-order valence-electron chi connectivity index (χ0n) is 17.8. The first-order chi connectivity index (χ1) is 12.9. The van der Waals surface area contributed by atoms with E-state index in [0.717, 1.165) is 25.1 Å². The van der Waals surface area contributed by atoms with Gasteiger partial charge in [0.05, 0.1) is 23.7 Å². The maximum absolute atomic E-state index is 13.1. The molecule has 1 unspecified atom stereocenters. The van der Waals surface area contributed by atoms with Gasteiger partial charge in [-0.05, 0) is 65.1 Å². The average Bonchev–Trinajstić information content (AvgIpc) is 2.90. The van der Waals surface area contributed by atoms with Gasteiger partial charge in [0.25, 0.3) is 0 Å². The van der Waals surface area contributed by atoms with Gasteiger partial charge in [0.2, 0.25) is 5.91 Å². The monoisotopic (exact) mass is 374 g/mol. The largest absolute Gasteiger partial charge is 0.349 e. The predicted molar refractivity (Wildman–Crippen MR) is 110 cm³/mol. The molecular formula is C22H38N4O. The molecule has 3 rings (SSSR count). The summed E-state index contributed by atoms with van der Waals surface area (Å²) in [6, 6.07) is 0. The van der Waals surface area contributed by atoms with E-state index in [1.165, 1.54) is 62.9 Å². The van der Waals surface area contributed by atoms with Crippen molar-refractivity contribution in [3.05, 3.63) is 17.0 Å². The van der Waals surface area contributed by atoms with Crippen LogP contribution in [-0.2, 0) is 11.3 Å². The van der Waals surface area contributed by atoms with Crippen LogP contribution in [0.2, 0.25) is 0 Å². The Kier molecular flexibility index (Phi) is 6.61. The summed E-state index contributed by atoms with van der Waals surface area (Å²) in [5, 5.41) is 8.14. The zero-order valence-corrected chi connectivity index (χ0v) is 17.8. The first-order valence-electron chi connectivity index (χ1n) is 11.0. The molecule has 2 heterocycles. The Bertz CT molecular complexity index is 639. The molecule has 0 aromatic carbocycles. The number of hydrogen-bond donors (Lipinski definition) is 1. The normalized spacial score (nSPS) is 21.8. The van der Waals surface area contributed by atoms with Gasteiger partial charge >= 0.3 is 0 Å². The van der Waals surface area contributed by atoms with Crippen LogP contribution < -0.4 is 5.32 Å². The summed E-state index contributed by atoms with van der Waals surface area (Å²) in [6.07, 6.45) is 9.99. The number of nitrogens with one attached hydrogen (secondary N) is 1. The molecule has 0 bridgehead atoms. The number of carbonyl (C=O) groups is 1. The van der Waals surface area contributed by atoms with Gasteiger partial charge in [-0.1, -0.05) is 32.6 Å². The minimum absolute atomic E-state index is 0.0219. The van der Waals surface area contributed by atoms with Crippen LogP contribution >= 0.6 is 0 Å². The molecule has 1 aliphatic carbocycles. The van der Waals surface area contributed by atoms with E-state index in [4.69, 9.17) is 0 Å². The van der Waals surface area contributed by atoms with Gasteiger partial charge < -0.3 is 10.2 Å². The quantitative estimate of drug-likeness (QED) is 0.825. The van der Waals surface area contributed by atoms with E-state index in [0.29, 0.717) is 6.54 Å². The Morgan fingerprint density at radius 3 is 2.30 bits per heavy atom. The van der Waals surface area contributed by atoms with Crippen molar-refractivity contribution in [2.24, 2.45) is 5.92 Å². The topological polar surface area (TPSA) is 50.2 Å². The Morgan fingerprint density at radius 1 is 1.07 bits per heavy atom. The lowest BCUT2D eigenvalue weighted by molar-refractivity contribution is -0.127. The number of nitrogens with zero attached hydrogens (tertiary/aromatic N) is 3. The molecule has 0 spiro atoms. The second kappa shape index (κ2) is 8.76. The van der Waals surface area contributed by atoms with Gasteiger partial charge in [-0.25, -0.2) is 0 Å². The van der Waals surface area contributed by atoms with Crippen LogP contribution in [0.5, 0.6) is 0 Å². The van der Waals surface area contributed by atoms with Crippen molar-refractivity contribution in [1.82, 2.24) is 20.0 Å². The van der Waals surface area contributed by atoms with Crippen molar-refractivity contribution < 1.29 is 4.79 Å². The molecule has 1 atom stereocenters. The molecule has 1 aromatic rings. The standard InChI is InChI=1S/C22H38N4O/c1-17(15-26-20(4)18(2)19(3)24-26)21(27)23-22(11-7-5-8-12-22)16-25-13-9-6-10-14-25/h17H,5-16H2,1-4H3,(H,23,27). The van der Waals surface area contributed by atoms with Gasteiger partial charge in [-0.15, -0.1) is 0 Å². The second-order valence-electron chi connectivity index (χ2n) is 9.05. The van der Waals surface area contributed by atoms with Crippen molar-refractivity contribution in [2.45, 2.75) is 91.1 Å². The third-order valence-electron chi connectivity index (χ3n) is 6.81. The van der Waals surface area contributed by atoms with Crippen LogP contribution in [-0.4, -0.2) is 45.8 Å². The highest BCUT2D eigenvalue weighted by molar-refractivity contribution is 5.79. The summed E-state index contributed by atoms with van der Waals surface area (Å²) in [5.74, 6) is 0.127. The van der Waals surface area contributed by atoms with Crippen LogP contribution in [0.25, 0.3) is 0 Å². The molecule has 1 saturated carbocycles. The van der Waals surface area contributed by atoms with E-state index < -0.39 is 0 Å². The fourth-order valence-corrected chi connectivity index (χ4v) is 4.79. The number of piperidine rings is 1. The summed E-state index contributed by atoms with van der Waals surface area (Å²) >= 11 is 0. The number of carbonyl (C=O) groups excluding carboxylic acids is 1. The molecule has 1 amide bonds.